The minimum absolute atomic E-state index is 0.262. The van der Waals surface area contributed by atoms with Gasteiger partial charge in [0.2, 0.25) is 0 Å². The predicted molar refractivity (Wildman–Crippen MR) is 78.6 cm³/mol. The van der Waals surface area contributed by atoms with Gasteiger partial charge < -0.3 is 9.84 Å². The number of Topliss-reactive ketones (excluding diaryl/α,β-unsaturated/α-hetero) is 1. The van der Waals surface area contributed by atoms with Crippen LogP contribution < -0.4 is 0 Å². The number of carbonyl (C=O) groups excluding carboxylic acids is 2. The SMILES string of the molecule is CCOC(=O)C1C(C(=O)C(O)Cc2ccccc2)C1(C)C. The lowest BCUT2D eigenvalue weighted by Crippen LogP contribution is -2.27. The number of esters is 1. The van der Waals surface area contributed by atoms with Gasteiger partial charge in [-0.3, -0.25) is 9.59 Å². The molecule has 114 valence electrons. The second kappa shape index (κ2) is 5.98. The monoisotopic (exact) mass is 290 g/mol. The van der Waals surface area contributed by atoms with Crippen LogP contribution in [0.1, 0.15) is 26.3 Å². The Bertz CT molecular complexity index is 521. The van der Waals surface area contributed by atoms with Gasteiger partial charge in [0.25, 0.3) is 0 Å². The Morgan fingerprint density at radius 3 is 2.43 bits per heavy atom. The summed E-state index contributed by atoms with van der Waals surface area (Å²) in [6.07, 6.45) is -0.793. The van der Waals surface area contributed by atoms with Crippen molar-refractivity contribution in [3.8, 4) is 0 Å². The molecule has 1 aliphatic carbocycles. The van der Waals surface area contributed by atoms with Crippen molar-refractivity contribution in [1.29, 1.82) is 0 Å². The van der Waals surface area contributed by atoms with Gasteiger partial charge in [0.15, 0.2) is 5.78 Å². The fraction of sp³-hybridized carbons (Fsp3) is 0.529. The highest BCUT2D eigenvalue weighted by atomic mass is 16.5. The third-order valence-corrected chi connectivity index (χ3v) is 4.27. The number of aliphatic hydroxyl groups excluding tert-OH is 1. The summed E-state index contributed by atoms with van der Waals surface area (Å²) in [4.78, 5) is 24.2. The second-order valence-corrected chi connectivity index (χ2v) is 6.14. The van der Waals surface area contributed by atoms with Gasteiger partial charge in [-0.15, -0.1) is 0 Å². The summed E-state index contributed by atoms with van der Waals surface area (Å²) in [5.41, 5.74) is 0.477. The molecule has 0 spiro atoms. The van der Waals surface area contributed by atoms with Crippen LogP contribution in [0.2, 0.25) is 0 Å². The molecule has 4 nitrogen and oxygen atoms in total. The van der Waals surface area contributed by atoms with Gasteiger partial charge in [-0.05, 0) is 17.9 Å². The fourth-order valence-electron chi connectivity index (χ4n) is 2.99. The van der Waals surface area contributed by atoms with Crippen molar-refractivity contribution in [3.63, 3.8) is 0 Å². The molecule has 0 bridgehead atoms. The topological polar surface area (TPSA) is 63.6 Å². The van der Waals surface area contributed by atoms with E-state index in [2.05, 4.69) is 0 Å². The van der Waals surface area contributed by atoms with E-state index in [-0.39, 0.29) is 18.2 Å². The van der Waals surface area contributed by atoms with Crippen molar-refractivity contribution < 1.29 is 19.4 Å². The molecule has 4 heteroatoms. The van der Waals surface area contributed by atoms with E-state index in [1.165, 1.54) is 0 Å². The van der Waals surface area contributed by atoms with Gasteiger partial charge in [0.05, 0.1) is 12.5 Å². The van der Waals surface area contributed by atoms with E-state index >= 15 is 0 Å². The molecule has 1 fully saturated rings. The van der Waals surface area contributed by atoms with E-state index in [9.17, 15) is 14.7 Å². The van der Waals surface area contributed by atoms with Crippen molar-refractivity contribution in [2.24, 2.45) is 17.3 Å². The summed E-state index contributed by atoms with van der Waals surface area (Å²) in [7, 11) is 0. The van der Waals surface area contributed by atoms with Gasteiger partial charge in [-0.2, -0.15) is 0 Å². The molecule has 0 saturated heterocycles. The number of hydrogen-bond acceptors (Lipinski definition) is 4. The lowest BCUT2D eigenvalue weighted by molar-refractivity contribution is -0.146. The molecule has 3 atom stereocenters. The van der Waals surface area contributed by atoms with Crippen LogP contribution in [0.5, 0.6) is 0 Å². The summed E-state index contributed by atoms with van der Waals surface area (Å²) in [5, 5.41) is 10.1. The van der Waals surface area contributed by atoms with Crippen LogP contribution >= 0.6 is 0 Å². The Morgan fingerprint density at radius 1 is 1.24 bits per heavy atom. The van der Waals surface area contributed by atoms with Crippen LogP contribution in [0.15, 0.2) is 30.3 Å². The molecule has 0 amide bonds. The fourth-order valence-corrected chi connectivity index (χ4v) is 2.99. The first-order chi connectivity index (χ1) is 9.89. The molecule has 0 heterocycles. The summed E-state index contributed by atoms with van der Waals surface area (Å²) >= 11 is 0. The van der Waals surface area contributed by atoms with Crippen molar-refractivity contribution in [1.82, 2.24) is 0 Å². The number of rotatable bonds is 6. The van der Waals surface area contributed by atoms with Gasteiger partial charge in [-0.25, -0.2) is 0 Å². The molecule has 1 aliphatic rings. The molecule has 1 aromatic carbocycles. The van der Waals surface area contributed by atoms with Gasteiger partial charge in [0, 0.05) is 12.3 Å². The van der Waals surface area contributed by atoms with E-state index < -0.39 is 23.4 Å². The second-order valence-electron chi connectivity index (χ2n) is 6.14. The summed E-state index contributed by atoms with van der Waals surface area (Å²) in [5.74, 6) is -1.49. The van der Waals surface area contributed by atoms with Crippen LogP contribution in [0.3, 0.4) is 0 Å². The summed E-state index contributed by atoms with van der Waals surface area (Å²) < 4.78 is 5.01. The van der Waals surface area contributed by atoms with Crippen LogP contribution in [-0.2, 0) is 20.7 Å². The third-order valence-electron chi connectivity index (χ3n) is 4.27. The van der Waals surface area contributed by atoms with Crippen LogP contribution in [0, 0.1) is 17.3 Å². The first-order valence-corrected chi connectivity index (χ1v) is 7.32. The van der Waals surface area contributed by atoms with E-state index in [4.69, 9.17) is 4.74 Å². The maximum atomic E-state index is 12.4. The zero-order valence-corrected chi connectivity index (χ0v) is 12.7. The molecule has 0 aliphatic heterocycles. The molecule has 1 N–H and O–H groups in total. The molecular formula is C17H22O4. The standard InChI is InChI=1S/C17H22O4/c1-4-21-16(20)14-13(17(14,2)3)15(19)12(18)10-11-8-6-5-7-9-11/h5-9,12-14,18H,4,10H2,1-3H3. The smallest absolute Gasteiger partial charge is 0.310 e. The highest BCUT2D eigenvalue weighted by Crippen LogP contribution is 2.59. The Kier molecular flexibility index (Phi) is 4.47. The minimum atomic E-state index is -1.07. The minimum Gasteiger partial charge on any atom is -0.466 e. The van der Waals surface area contributed by atoms with Gasteiger partial charge in [0.1, 0.15) is 6.10 Å². The van der Waals surface area contributed by atoms with Crippen LogP contribution in [-0.4, -0.2) is 29.6 Å². The highest BCUT2D eigenvalue weighted by molar-refractivity contribution is 5.95. The number of benzene rings is 1. The normalized spacial score (nSPS) is 24.2. The summed E-state index contributed by atoms with van der Waals surface area (Å²) in [6, 6.07) is 9.37. The average Bonchev–Trinajstić information content (AvgIpc) is 3.02. The molecule has 1 aromatic rings. The molecule has 21 heavy (non-hydrogen) atoms. The molecule has 2 rings (SSSR count). The molecule has 0 aromatic heterocycles. The zero-order chi connectivity index (χ0) is 15.6. The maximum absolute atomic E-state index is 12.4. The van der Waals surface area contributed by atoms with Gasteiger partial charge >= 0.3 is 5.97 Å². The zero-order valence-electron chi connectivity index (χ0n) is 12.7. The Labute approximate surface area is 125 Å². The quantitative estimate of drug-likeness (QED) is 0.814. The molecule has 3 unspecified atom stereocenters. The summed E-state index contributed by atoms with van der Waals surface area (Å²) in [6.45, 7) is 5.78. The number of ether oxygens (including phenoxy) is 1. The average molecular weight is 290 g/mol. The van der Waals surface area contributed by atoms with E-state index in [0.717, 1.165) is 5.56 Å². The van der Waals surface area contributed by atoms with Crippen LogP contribution in [0.4, 0.5) is 0 Å². The first-order valence-electron chi connectivity index (χ1n) is 7.32. The lowest BCUT2D eigenvalue weighted by Gasteiger charge is -2.10. The van der Waals surface area contributed by atoms with Crippen molar-refractivity contribution in [2.75, 3.05) is 6.61 Å². The van der Waals surface area contributed by atoms with E-state index in [0.29, 0.717) is 6.61 Å². The maximum Gasteiger partial charge on any atom is 0.310 e. The number of hydrogen-bond donors (Lipinski definition) is 1. The van der Waals surface area contributed by atoms with Crippen molar-refractivity contribution in [2.45, 2.75) is 33.3 Å². The van der Waals surface area contributed by atoms with E-state index in [1.54, 1.807) is 6.92 Å². The van der Waals surface area contributed by atoms with Crippen molar-refractivity contribution in [3.05, 3.63) is 35.9 Å². The number of carbonyl (C=O) groups is 2. The molecule has 0 radical (unpaired) electrons. The van der Waals surface area contributed by atoms with Crippen LogP contribution in [0.25, 0.3) is 0 Å². The molecule has 1 saturated carbocycles. The first kappa shape index (κ1) is 15.7. The Balaban J connectivity index is 2.01. The van der Waals surface area contributed by atoms with Crippen molar-refractivity contribution >= 4 is 11.8 Å². The van der Waals surface area contributed by atoms with E-state index in [1.807, 2.05) is 44.2 Å². The Hall–Kier alpha value is -1.68. The third kappa shape index (κ3) is 3.16. The highest BCUT2D eigenvalue weighted by Gasteiger charge is 2.66. The predicted octanol–water partition coefficient (Wildman–Crippen LogP) is 1.99. The number of ketones is 1. The van der Waals surface area contributed by atoms with Gasteiger partial charge in [-0.1, -0.05) is 44.2 Å². The number of aliphatic hydroxyl groups is 1. The lowest BCUT2D eigenvalue weighted by atomic mass is 9.99. The Morgan fingerprint density at radius 2 is 1.86 bits per heavy atom. The molecular weight excluding hydrogens is 268 g/mol. The largest absolute Gasteiger partial charge is 0.466 e.